The molecule has 1 rings (SSSR count). The standard InChI is InChI=1S/C13H24N2O3/c1-4-14(5-2)11-6-8-15(9-7-11)12(16)10(3)13(17)18/h10-11H,4-9H2,1-3H3,(H,17,18). The number of carboxylic acids is 1. The molecule has 1 aliphatic heterocycles. The quantitative estimate of drug-likeness (QED) is 0.747. The fourth-order valence-corrected chi connectivity index (χ4v) is 2.57. The van der Waals surface area contributed by atoms with E-state index >= 15 is 0 Å². The highest BCUT2D eigenvalue weighted by molar-refractivity contribution is 5.96. The molecule has 0 radical (unpaired) electrons. The summed E-state index contributed by atoms with van der Waals surface area (Å²) in [6, 6.07) is 0.532. The van der Waals surface area contributed by atoms with Gasteiger partial charge in [0.2, 0.25) is 5.91 Å². The normalized spacial score (nSPS) is 19.0. The van der Waals surface area contributed by atoms with Gasteiger partial charge in [-0.05, 0) is 32.9 Å². The molecule has 0 saturated carbocycles. The van der Waals surface area contributed by atoms with E-state index in [1.54, 1.807) is 4.90 Å². The second kappa shape index (κ2) is 6.73. The number of piperidine rings is 1. The van der Waals surface area contributed by atoms with Gasteiger partial charge in [-0.25, -0.2) is 0 Å². The van der Waals surface area contributed by atoms with Crippen LogP contribution in [0.15, 0.2) is 0 Å². The van der Waals surface area contributed by atoms with Crippen molar-refractivity contribution >= 4 is 11.9 Å². The van der Waals surface area contributed by atoms with Crippen molar-refractivity contribution in [2.24, 2.45) is 5.92 Å². The minimum Gasteiger partial charge on any atom is -0.481 e. The lowest BCUT2D eigenvalue weighted by molar-refractivity contribution is -0.151. The summed E-state index contributed by atoms with van der Waals surface area (Å²) in [4.78, 5) is 26.8. The van der Waals surface area contributed by atoms with Crippen molar-refractivity contribution < 1.29 is 14.7 Å². The van der Waals surface area contributed by atoms with Crippen LogP contribution >= 0.6 is 0 Å². The molecule has 18 heavy (non-hydrogen) atoms. The fraction of sp³-hybridized carbons (Fsp3) is 0.846. The first-order chi connectivity index (χ1) is 8.51. The molecule has 0 aromatic rings. The predicted molar refractivity (Wildman–Crippen MR) is 69.3 cm³/mol. The summed E-state index contributed by atoms with van der Waals surface area (Å²) in [5.74, 6) is -2.21. The predicted octanol–water partition coefficient (Wildman–Crippen LogP) is 1.04. The zero-order chi connectivity index (χ0) is 13.7. The molecule has 1 aliphatic rings. The van der Waals surface area contributed by atoms with Gasteiger partial charge in [-0.15, -0.1) is 0 Å². The smallest absolute Gasteiger partial charge is 0.315 e. The zero-order valence-electron chi connectivity index (χ0n) is 11.6. The van der Waals surface area contributed by atoms with E-state index in [1.807, 2.05) is 0 Å². The molecule has 0 bridgehead atoms. The molecule has 0 aromatic carbocycles. The Kier molecular flexibility index (Phi) is 5.59. The van der Waals surface area contributed by atoms with Gasteiger partial charge < -0.3 is 14.9 Å². The number of likely N-dealkylation sites (tertiary alicyclic amines) is 1. The lowest BCUT2D eigenvalue weighted by Gasteiger charge is -2.38. The van der Waals surface area contributed by atoms with Crippen molar-refractivity contribution in [1.82, 2.24) is 9.80 Å². The Morgan fingerprint density at radius 1 is 1.28 bits per heavy atom. The Bertz CT molecular complexity index is 295. The van der Waals surface area contributed by atoms with Gasteiger partial charge in [0.1, 0.15) is 5.92 Å². The molecule has 0 aliphatic carbocycles. The average molecular weight is 256 g/mol. The first kappa shape index (κ1) is 15.0. The summed E-state index contributed by atoms with van der Waals surface area (Å²) >= 11 is 0. The average Bonchev–Trinajstić information content (AvgIpc) is 2.39. The van der Waals surface area contributed by atoms with Crippen LogP contribution in [0.4, 0.5) is 0 Å². The van der Waals surface area contributed by atoms with Crippen LogP contribution in [0, 0.1) is 5.92 Å². The molecule has 1 atom stereocenters. The summed E-state index contributed by atoms with van der Waals surface area (Å²) in [5.41, 5.74) is 0. The number of rotatable bonds is 5. The van der Waals surface area contributed by atoms with Crippen molar-refractivity contribution in [3.05, 3.63) is 0 Å². The first-order valence-corrected chi connectivity index (χ1v) is 6.76. The number of carbonyl (C=O) groups is 2. The number of carbonyl (C=O) groups excluding carboxylic acids is 1. The molecule has 0 aromatic heterocycles. The van der Waals surface area contributed by atoms with Crippen molar-refractivity contribution in [1.29, 1.82) is 0 Å². The second-order valence-corrected chi connectivity index (χ2v) is 4.84. The van der Waals surface area contributed by atoms with E-state index in [0.29, 0.717) is 19.1 Å². The van der Waals surface area contributed by atoms with Crippen molar-refractivity contribution in [3.8, 4) is 0 Å². The number of nitrogens with zero attached hydrogens (tertiary/aromatic N) is 2. The van der Waals surface area contributed by atoms with Gasteiger partial charge >= 0.3 is 5.97 Å². The highest BCUT2D eigenvalue weighted by atomic mass is 16.4. The van der Waals surface area contributed by atoms with Gasteiger partial charge in [0.25, 0.3) is 0 Å². The van der Waals surface area contributed by atoms with Crippen LogP contribution in [0.1, 0.15) is 33.6 Å². The molecule has 1 amide bonds. The Labute approximate surface area is 109 Å². The summed E-state index contributed by atoms with van der Waals surface area (Å²) in [5, 5.41) is 8.84. The van der Waals surface area contributed by atoms with Crippen LogP contribution < -0.4 is 0 Å². The van der Waals surface area contributed by atoms with Gasteiger partial charge in [0, 0.05) is 19.1 Å². The first-order valence-electron chi connectivity index (χ1n) is 6.76. The maximum absolute atomic E-state index is 11.9. The maximum atomic E-state index is 11.9. The molecular weight excluding hydrogens is 232 g/mol. The lowest BCUT2D eigenvalue weighted by Crippen LogP contribution is -2.48. The van der Waals surface area contributed by atoms with Crippen molar-refractivity contribution in [2.45, 2.75) is 39.7 Å². The van der Waals surface area contributed by atoms with Crippen LogP contribution in [-0.4, -0.2) is 59.0 Å². The fourth-order valence-electron chi connectivity index (χ4n) is 2.57. The summed E-state index contributed by atoms with van der Waals surface area (Å²) in [6.07, 6.45) is 1.89. The number of hydrogen-bond donors (Lipinski definition) is 1. The SMILES string of the molecule is CCN(CC)C1CCN(C(=O)C(C)C(=O)O)CC1. The van der Waals surface area contributed by atoms with E-state index < -0.39 is 11.9 Å². The Morgan fingerprint density at radius 3 is 2.17 bits per heavy atom. The highest BCUT2D eigenvalue weighted by Gasteiger charge is 2.30. The largest absolute Gasteiger partial charge is 0.481 e. The van der Waals surface area contributed by atoms with Crippen molar-refractivity contribution in [3.63, 3.8) is 0 Å². The van der Waals surface area contributed by atoms with E-state index in [0.717, 1.165) is 25.9 Å². The molecule has 1 fully saturated rings. The van der Waals surface area contributed by atoms with Gasteiger partial charge in [0.15, 0.2) is 0 Å². The minimum atomic E-state index is -1.04. The third-order valence-electron chi connectivity index (χ3n) is 3.85. The molecule has 0 spiro atoms. The van der Waals surface area contributed by atoms with Gasteiger partial charge in [0.05, 0.1) is 0 Å². The maximum Gasteiger partial charge on any atom is 0.315 e. The van der Waals surface area contributed by atoms with E-state index in [1.165, 1.54) is 6.92 Å². The van der Waals surface area contributed by atoms with Gasteiger partial charge in [-0.1, -0.05) is 13.8 Å². The second-order valence-electron chi connectivity index (χ2n) is 4.84. The van der Waals surface area contributed by atoms with E-state index in [2.05, 4.69) is 18.7 Å². The van der Waals surface area contributed by atoms with E-state index in [-0.39, 0.29) is 5.91 Å². The third kappa shape index (κ3) is 3.45. The molecule has 1 heterocycles. The highest BCUT2D eigenvalue weighted by Crippen LogP contribution is 2.18. The molecule has 104 valence electrons. The van der Waals surface area contributed by atoms with E-state index in [9.17, 15) is 9.59 Å². The van der Waals surface area contributed by atoms with E-state index in [4.69, 9.17) is 5.11 Å². The van der Waals surface area contributed by atoms with Gasteiger partial charge in [-0.3, -0.25) is 9.59 Å². The van der Waals surface area contributed by atoms with Crippen LogP contribution in [0.25, 0.3) is 0 Å². The van der Waals surface area contributed by atoms with Crippen LogP contribution in [-0.2, 0) is 9.59 Å². The number of aliphatic carboxylic acids is 1. The molecular formula is C13H24N2O3. The molecule has 1 N–H and O–H groups in total. The molecule has 1 saturated heterocycles. The molecule has 1 unspecified atom stereocenters. The Balaban J connectivity index is 2.48. The Morgan fingerprint density at radius 2 is 1.78 bits per heavy atom. The zero-order valence-corrected chi connectivity index (χ0v) is 11.6. The Hall–Kier alpha value is -1.10. The summed E-state index contributed by atoms with van der Waals surface area (Å²) in [6.45, 7) is 9.17. The van der Waals surface area contributed by atoms with Crippen LogP contribution in [0.5, 0.6) is 0 Å². The third-order valence-corrected chi connectivity index (χ3v) is 3.85. The lowest BCUT2D eigenvalue weighted by atomic mass is 10.0. The van der Waals surface area contributed by atoms with Crippen LogP contribution in [0.3, 0.4) is 0 Å². The molecule has 5 heteroatoms. The van der Waals surface area contributed by atoms with Crippen LogP contribution in [0.2, 0.25) is 0 Å². The monoisotopic (exact) mass is 256 g/mol. The minimum absolute atomic E-state index is 0.250. The van der Waals surface area contributed by atoms with Gasteiger partial charge in [-0.2, -0.15) is 0 Å². The topological polar surface area (TPSA) is 60.9 Å². The number of amides is 1. The summed E-state index contributed by atoms with van der Waals surface area (Å²) < 4.78 is 0. The van der Waals surface area contributed by atoms with Crippen molar-refractivity contribution in [2.75, 3.05) is 26.2 Å². The number of hydrogen-bond acceptors (Lipinski definition) is 3. The number of carboxylic acid groups (broad SMARTS) is 1. The molecule has 5 nitrogen and oxygen atoms in total. The summed E-state index contributed by atoms with van der Waals surface area (Å²) in [7, 11) is 0.